The van der Waals surface area contributed by atoms with Gasteiger partial charge in [0.2, 0.25) is 5.16 Å². The van der Waals surface area contributed by atoms with Crippen LogP contribution in [0.15, 0.2) is 59.1 Å². The van der Waals surface area contributed by atoms with Crippen molar-refractivity contribution in [2.24, 2.45) is 0 Å². The van der Waals surface area contributed by atoms with E-state index in [0.29, 0.717) is 22.5 Å². The maximum atomic E-state index is 6.23. The monoisotopic (exact) mass is 409 g/mol. The first-order valence-electron chi connectivity index (χ1n) is 8.64. The summed E-state index contributed by atoms with van der Waals surface area (Å²) in [6, 6.07) is 16.0. The molecule has 0 aliphatic carbocycles. The van der Waals surface area contributed by atoms with E-state index in [0.717, 1.165) is 21.8 Å². The van der Waals surface area contributed by atoms with Crippen LogP contribution in [0.3, 0.4) is 0 Å². The van der Waals surface area contributed by atoms with Gasteiger partial charge < -0.3 is 10.6 Å². The SMILES string of the molecule is COc1ccccc1-c1nnc(SCc2csc(-c3ccc(C)cc3)n2)n1N. The highest BCUT2D eigenvalue weighted by atomic mass is 32.2. The minimum atomic E-state index is 0.568. The number of nitrogens with zero attached hydrogens (tertiary/aromatic N) is 4. The van der Waals surface area contributed by atoms with E-state index in [1.165, 1.54) is 22.0 Å². The molecular weight excluding hydrogens is 390 g/mol. The molecule has 2 aromatic carbocycles. The molecule has 0 bridgehead atoms. The van der Waals surface area contributed by atoms with Gasteiger partial charge in [-0.1, -0.05) is 53.7 Å². The first-order chi connectivity index (χ1) is 13.7. The zero-order valence-electron chi connectivity index (χ0n) is 15.5. The van der Waals surface area contributed by atoms with Gasteiger partial charge in [-0.15, -0.1) is 21.5 Å². The predicted molar refractivity (Wildman–Crippen MR) is 114 cm³/mol. The summed E-state index contributed by atoms with van der Waals surface area (Å²) in [5.41, 5.74) is 4.17. The van der Waals surface area contributed by atoms with E-state index in [-0.39, 0.29) is 0 Å². The molecule has 0 unspecified atom stereocenters. The van der Waals surface area contributed by atoms with Gasteiger partial charge in [-0.2, -0.15) is 0 Å². The largest absolute Gasteiger partial charge is 0.496 e. The lowest BCUT2D eigenvalue weighted by Crippen LogP contribution is -2.12. The molecule has 0 spiro atoms. The molecule has 4 rings (SSSR count). The number of nitrogen functional groups attached to an aromatic ring is 1. The molecule has 142 valence electrons. The number of thiazole rings is 1. The van der Waals surface area contributed by atoms with Gasteiger partial charge in [0.15, 0.2) is 5.82 Å². The Hall–Kier alpha value is -2.84. The zero-order chi connectivity index (χ0) is 19.5. The second-order valence-electron chi connectivity index (χ2n) is 6.18. The number of rotatable bonds is 6. The van der Waals surface area contributed by atoms with Gasteiger partial charge in [-0.3, -0.25) is 0 Å². The number of para-hydroxylation sites is 1. The van der Waals surface area contributed by atoms with Crippen molar-refractivity contribution in [3.63, 3.8) is 0 Å². The quantitative estimate of drug-likeness (QED) is 0.376. The summed E-state index contributed by atoms with van der Waals surface area (Å²) in [6.45, 7) is 2.08. The van der Waals surface area contributed by atoms with Crippen molar-refractivity contribution in [1.82, 2.24) is 19.9 Å². The van der Waals surface area contributed by atoms with Crippen molar-refractivity contribution in [2.75, 3.05) is 13.0 Å². The first-order valence-corrected chi connectivity index (χ1v) is 10.5. The lowest BCUT2D eigenvalue weighted by Gasteiger charge is -2.07. The average molecular weight is 410 g/mol. The van der Waals surface area contributed by atoms with Crippen molar-refractivity contribution >= 4 is 23.1 Å². The summed E-state index contributed by atoms with van der Waals surface area (Å²) in [5, 5.41) is 12.2. The van der Waals surface area contributed by atoms with E-state index in [9.17, 15) is 0 Å². The minimum Gasteiger partial charge on any atom is -0.496 e. The molecule has 0 aliphatic heterocycles. The molecule has 2 aromatic heterocycles. The lowest BCUT2D eigenvalue weighted by molar-refractivity contribution is 0.416. The van der Waals surface area contributed by atoms with Gasteiger partial charge in [0.25, 0.3) is 0 Å². The Labute approximate surface area is 171 Å². The molecule has 2 N–H and O–H groups in total. The second-order valence-corrected chi connectivity index (χ2v) is 7.98. The molecular formula is C20H19N5OS2. The average Bonchev–Trinajstić information content (AvgIpc) is 3.34. The van der Waals surface area contributed by atoms with Crippen molar-refractivity contribution in [3.8, 4) is 27.7 Å². The van der Waals surface area contributed by atoms with E-state index in [2.05, 4.69) is 46.8 Å². The molecule has 0 radical (unpaired) electrons. The van der Waals surface area contributed by atoms with Crippen LogP contribution in [0.25, 0.3) is 22.0 Å². The summed E-state index contributed by atoms with van der Waals surface area (Å²) in [6.07, 6.45) is 0. The topological polar surface area (TPSA) is 78.9 Å². The Morgan fingerprint density at radius 3 is 2.68 bits per heavy atom. The van der Waals surface area contributed by atoms with Crippen LogP contribution in [-0.2, 0) is 5.75 Å². The molecule has 0 atom stereocenters. The van der Waals surface area contributed by atoms with Gasteiger partial charge in [-0.25, -0.2) is 9.66 Å². The first kappa shape index (κ1) is 18.5. The Balaban J connectivity index is 1.49. The number of hydrogen-bond donors (Lipinski definition) is 1. The number of nitrogens with two attached hydrogens (primary N) is 1. The Morgan fingerprint density at radius 1 is 1.11 bits per heavy atom. The van der Waals surface area contributed by atoms with Gasteiger partial charge in [0, 0.05) is 16.7 Å². The minimum absolute atomic E-state index is 0.568. The van der Waals surface area contributed by atoms with Crippen LogP contribution in [-0.4, -0.2) is 27.0 Å². The van der Waals surface area contributed by atoms with E-state index in [1.807, 2.05) is 24.3 Å². The van der Waals surface area contributed by atoms with Crippen molar-refractivity contribution in [1.29, 1.82) is 0 Å². The van der Waals surface area contributed by atoms with Crippen LogP contribution >= 0.6 is 23.1 Å². The number of hydrogen-bond acceptors (Lipinski definition) is 7. The van der Waals surface area contributed by atoms with Crippen LogP contribution in [0, 0.1) is 6.92 Å². The molecule has 2 heterocycles. The smallest absolute Gasteiger partial charge is 0.210 e. The van der Waals surface area contributed by atoms with E-state index >= 15 is 0 Å². The van der Waals surface area contributed by atoms with E-state index < -0.39 is 0 Å². The summed E-state index contributed by atoms with van der Waals surface area (Å²) in [7, 11) is 1.62. The normalized spacial score (nSPS) is 10.9. The van der Waals surface area contributed by atoms with Crippen molar-refractivity contribution in [2.45, 2.75) is 17.8 Å². The van der Waals surface area contributed by atoms with E-state index in [1.54, 1.807) is 18.4 Å². The molecule has 6 nitrogen and oxygen atoms in total. The van der Waals surface area contributed by atoms with Gasteiger partial charge in [-0.05, 0) is 19.1 Å². The van der Waals surface area contributed by atoms with Crippen molar-refractivity contribution < 1.29 is 4.74 Å². The molecule has 0 amide bonds. The van der Waals surface area contributed by atoms with Gasteiger partial charge >= 0.3 is 0 Å². The summed E-state index contributed by atoms with van der Waals surface area (Å²) < 4.78 is 6.89. The number of methoxy groups -OCH3 is 1. The molecule has 0 fully saturated rings. The number of aryl methyl sites for hydroxylation is 1. The van der Waals surface area contributed by atoms with Gasteiger partial charge in [0.1, 0.15) is 10.8 Å². The Morgan fingerprint density at radius 2 is 1.89 bits per heavy atom. The zero-order valence-corrected chi connectivity index (χ0v) is 17.1. The second kappa shape index (κ2) is 8.04. The number of ether oxygens (including phenoxy) is 1. The Bertz CT molecular complexity index is 1090. The molecule has 4 aromatic rings. The number of aromatic nitrogens is 4. The molecule has 8 heteroatoms. The van der Waals surface area contributed by atoms with E-state index in [4.69, 9.17) is 15.6 Å². The van der Waals surface area contributed by atoms with Crippen LogP contribution in [0.1, 0.15) is 11.3 Å². The van der Waals surface area contributed by atoms with Crippen LogP contribution in [0.5, 0.6) is 5.75 Å². The maximum Gasteiger partial charge on any atom is 0.210 e. The Kier molecular flexibility index (Phi) is 5.31. The fourth-order valence-corrected chi connectivity index (χ4v) is 4.41. The third-order valence-corrected chi connectivity index (χ3v) is 6.13. The highest BCUT2D eigenvalue weighted by Gasteiger charge is 2.16. The summed E-state index contributed by atoms with van der Waals surface area (Å²) in [4.78, 5) is 4.73. The highest BCUT2D eigenvalue weighted by molar-refractivity contribution is 7.98. The van der Waals surface area contributed by atoms with Crippen LogP contribution in [0.2, 0.25) is 0 Å². The summed E-state index contributed by atoms with van der Waals surface area (Å²) in [5.74, 6) is 8.18. The fraction of sp³-hybridized carbons (Fsp3) is 0.150. The molecule has 0 saturated heterocycles. The summed E-state index contributed by atoms with van der Waals surface area (Å²) >= 11 is 3.15. The molecule has 28 heavy (non-hydrogen) atoms. The van der Waals surface area contributed by atoms with Crippen LogP contribution in [0.4, 0.5) is 0 Å². The maximum absolute atomic E-state index is 6.23. The third-order valence-electron chi connectivity index (χ3n) is 4.21. The third kappa shape index (κ3) is 3.74. The standard InChI is InChI=1S/C20H19N5OS2/c1-13-7-9-14(10-8-13)19-22-15(11-27-19)12-28-20-24-23-18(25(20)21)16-5-3-4-6-17(16)26-2/h3-11H,12,21H2,1-2H3. The van der Waals surface area contributed by atoms with Crippen molar-refractivity contribution in [3.05, 3.63) is 65.2 Å². The number of benzene rings is 2. The molecule has 0 saturated carbocycles. The highest BCUT2D eigenvalue weighted by Crippen LogP contribution is 2.31. The van der Waals surface area contributed by atoms with Crippen LogP contribution < -0.4 is 10.6 Å². The van der Waals surface area contributed by atoms with Gasteiger partial charge in [0.05, 0.1) is 18.4 Å². The fourth-order valence-electron chi connectivity index (χ4n) is 2.73. The molecule has 0 aliphatic rings. The predicted octanol–water partition coefficient (Wildman–Crippen LogP) is 4.39. The number of thioether (sulfide) groups is 1. The lowest BCUT2D eigenvalue weighted by atomic mass is 10.2.